The van der Waals surface area contributed by atoms with Gasteiger partial charge in [-0.15, -0.1) is 0 Å². The molecule has 0 N–H and O–H groups in total. The van der Waals surface area contributed by atoms with E-state index in [2.05, 4.69) is 0 Å². The van der Waals surface area contributed by atoms with Gasteiger partial charge in [-0.1, -0.05) is 31.0 Å². The first kappa shape index (κ1) is 22.5. The predicted molar refractivity (Wildman–Crippen MR) is 121 cm³/mol. The molecule has 0 aromatic heterocycles. The molecule has 8 heteroatoms. The number of carbonyl (C=O) groups excluding carboxylic acids is 2. The number of anilines is 1. The number of nitrogens with zero attached hydrogens (tertiary/aromatic N) is 2. The normalized spacial score (nSPS) is 18.0. The molecule has 0 aliphatic carbocycles. The molecular formula is C24H28N2O5S. The van der Waals surface area contributed by atoms with Gasteiger partial charge in [0.15, 0.2) is 6.10 Å². The monoisotopic (exact) mass is 456 g/mol. The summed E-state index contributed by atoms with van der Waals surface area (Å²) in [6.45, 7) is 3.15. The van der Waals surface area contributed by atoms with Crippen LogP contribution in [0.25, 0.3) is 0 Å². The van der Waals surface area contributed by atoms with Crippen LogP contribution in [0.5, 0.6) is 0 Å². The van der Waals surface area contributed by atoms with Gasteiger partial charge < -0.3 is 9.64 Å². The van der Waals surface area contributed by atoms with Gasteiger partial charge in [0.1, 0.15) is 0 Å². The first-order valence-electron chi connectivity index (χ1n) is 11.1. The zero-order valence-corrected chi connectivity index (χ0v) is 19.0. The molecule has 1 saturated heterocycles. The van der Waals surface area contributed by atoms with E-state index < -0.39 is 22.1 Å². The van der Waals surface area contributed by atoms with E-state index in [0.29, 0.717) is 19.6 Å². The van der Waals surface area contributed by atoms with E-state index in [1.165, 1.54) is 28.6 Å². The number of sulfonamides is 1. The van der Waals surface area contributed by atoms with E-state index in [4.69, 9.17) is 4.74 Å². The fourth-order valence-corrected chi connectivity index (χ4v) is 5.78. The van der Waals surface area contributed by atoms with E-state index in [-0.39, 0.29) is 16.4 Å². The molecule has 4 rings (SSSR count). The van der Waals surface area contributed by atoms with Crippen LogP contribution in [0, 0.1) is 0 Å². The Kier molecular flexibility index (Phi) is 6.62. The first-order chi connectivity index (χ1) is 15.4. The minimum Gasteiger partial charge on any atom is -0.449 e. The lowest BCUT2D eigenvalue weighted by molar-refractivity contribution is -0.126. The lowest BCUT2D eigenvalue weighted by Gasteiger charge is -2.22. The number of para-hydroxylation sites is 1. The highest BCUT2D eigenvalue weighted by molar-refractivity contribution is 7.89. The standard InChI is InChI=1S/C24H28N2O5S/c1-18(23(27)26-17-14-19-8-4-5-9-22(19)26)31-24(28)20-10-12-21(13-11-20)32(29,30)25-15-6-2-3-7-16-25/h4-5,8-13,18H,2-3,6-7,14-17H2,1H3. The van der Waals surface area contributed by atoms with Gasteiger partial charge in [-0.2, -0.15) is 4.31 Å². The Labute approximate surface area is 189 Å². The van der Waals surface area contributed by atoms with Crippen molar-refractivity contribution in [1.29, 1.82) is 0 Å². The van der Waals surface area contributed by atoms with Gasteiger partial charge in [-0.05, 0) is 62.1 Å². The minimum atomic E-state index is -3.58. The van der Waals surface area contributed by atoms with Gasteiger partial charge in [-0.25, -0.2) is 13.2 Å². The van der Waals surface area contributed by atoms with E-state index in [1.54, 1.807) is 11.8 Å². The van der Waals surface area contributed by atoms with Crippen LogP contribution in [0.3, 0.4) is 0 Å². The topological polar surface area (TPSA) is 84.0 Å². The van der Waals surface area contributed by atoms with Crippen molar-refractivity contribution in [2.45, 2.75) is 50.0 Å². The molecule has 170 valence electrons. The summed E-state index contributed by atoms with van der Waals surface area (Å²) in [6, 6.07) is 13.4. The van der Waals surface area contributed by atoms with Gasteiger partial charge in [0, 0.05) is 25.3 Å². The first-order valence-corrected chi connectivity index (χ1v) is 12.5. The van der Waals surface area contributed by atoms with Crippen molar-refractivity contribution >= 4 is 27.6 Å². The fraction of sp³-hybridized carbons (Fsp3) is 0.417. The molecule has 0 radical (unpaired) electrons. The molecule has 1 unspecified atom stereocenters. The van der Waals surface area contributed by atoms with Crippen LogP contribution in [0.1, 0.15) is 48.5 Å². The van der Waals surface area contributed by atoms with E-state index in [0.717, 1.165) is 43.4 Å². The zero-order valence-electron chi connectivity index (χ0n) is 18.2. The van der Waals surface area contributed by atoms with Crippen molar-refractivity contribution in [3.8, 4) is 0 Å². The second-order valence-electron chi connectivity index (χ2n) is 8.26. The van der Waals surface area contributed by atoms with Crippen molar-refractivity contribution in [2.75, 3.05) is 24.5 Å². The van der Waals surface area contributed by atoms with Gasteiger partial charge in [-0.3, -0.25) is 4.79 Å². The Balaban J connectivity index is 1.41. The van der Waals surface area contributed by atoms with Crippen molar-refractivity contribution in [3.05, 3.63) is 59.7 Å². The number of ether oxygens (including phenoxy) is 1. The smallest absolute Gasteiger partial charge is 0.338 e. The van der Waals surface area contributed by atoms with Crippen LogP contribution in [0.4, 0.5) is 5.69 Å². The molecule has 2 aromatic carbocycles. The molecular weight excluding hydrogens is 428 g/mol. The average molecular weight is 457 g/mol. The maximum Gasteiger partial charge on any atom is 0.338 e. The molecule has 1 fully saturated rings. The Morgan fingerprint density at radius 3 is 2.25 bits per heavy atom. The highest BCUT2D eigenvalue weighted by Crippen LogP contribution is 2.28. The summed E-state index contributed by atoms with van der Waals surface area (Å²) in [6.07, 6.45) is 3.62. The maximum atomic E-state index is 12.9. The lowest BCUT2D eigenvalue weighted by atomic mass is 10.2. The third-order valence-electron chi connectivity index (χ3n) is 6.08. The Morgan fingerprint density at radius 2 is 1.56 bits per heavy atom. The van der Waals surface area contributed by atoms with Crippen molar-refractivity contribution < 1.29 is 22.7 Å². The number of hydrogen-bond donors (Lipinski definition) is 0. The van der Waals surface area contributed by atoms with Gasteiger partial charge in [0.2, 0.25) is 10.0 Å². The molecule has 0 spiro atoms. The molecule has 2 aliphatic heterocycles. The summed E-state index contributed by atoms with van der Waals surface area (Å²) in [7, 11) is -3.58. The largest absolute Gasteiger partial charge is 0.449 e. The summed E-state index contributed by atoms with van der Waals surface area (Å²) in [5.41, 5.74) is 2.16. The second kappa shape index (κ2) is 9.42. The molecule has 0 saturated carbocycles. The Morgan fingerprint density at radius 1 is 0.906 bits per heavy atom. The minimum absolute atomic E-state index is 0.161. The fourth-order valence-electron chi connectivity index (χ4n) is 4.26. The van der Waals surface area contributed by atoms with Crippen LogP contribution in [0.15, 0.2) is 53.4 Å². The molecule has 2 heterocycles. The van der Waals surface area contributed by atoms with Gasteiger partial charge in [0.05, 0.1) is 10.5 Å². The summed E-state index contributed by atoms with van der Waals surface area (Å²) < 4.78 is 32.7. The van der Waals surface area contributed by atoms with Gasteiger partial charge in [0.25, 0.3) is 5.91 Å². The third kappa shape index (κ3) is 4.56. The molecule has 1 amide bonds. The summed E-state index contributed by atoms with van der Waals surface area (Å²) in [5.74, 6) is -0.930. The number of hydrogen-bond acceptors (Lipinski definition) is 5. The molecule has 7 nitrogen and oxygen atoms in total. The molecule has 1 atom stereocenters. The number of esters is 1. The van der Waals surface area contributed by atoms with Crippen molar-refractivity contribution in [2.24, 2.45) is 0 Å². The Hall–Kier alpha value is -2.71. The molecule has 2 aromatic rings. The number of carbonyl (C=O) groups is 2. The van der Waals surface area contributed by atoms with Gasteiger partial charge >= 0.3 is 5.97 Å². The average Bonchev–Trinajstić information content (AvgIpc) is 3.03. The quantitative estimate of drug-likeness (QED) is 0.644. The van der Waals surface area contributed by atoms with Crippen LogP contribution in [0.2, 0.25) is 0 Å². The van der Waals surface area contributed by atoms with Crippen molar-refractivity contribution in [3.63, 3.8) is 0 Å². The number of fused-ring (bicyclic) bond motifs is 1. The second-order valence-corrected chi connectivity index (χ2v) is 10.2. The van der Waals surface area contributed by atoms with Crippen LogP contribution in [-0.4, -0.2) is 50.3 Å². The summed E-state index contributed by atoms with van der Waals surface area (Å²) in [5, 5.41) is 0. The summed E-state index contributed by atoms with van der Waals surface area (Å²) >= 11 is 0. The van der Waals surface area contributed by atoms with E-state index in [1.807, 2.05) is 24.3 Å². The SMILES string of the molecule is CC(OC(=O)c1ccc(S(=O)(=O)N2CCCCCC2)cc1)C(=O)N1CCc2ccccc21. The van der Waals surface area contributed by atoms with Crippen LogP contribution >= 0.6 is 0 Å². The van der Waals surface area contributed by atoms with E-state index in [9.17, 15) is 18.0 Å². The third-order valence-corrected chi connectivity index (χ3v) is 7.99. The predicted octanol–water partition coefficient (Wildman–Crippen LogP) is 3.39. The lowest BCUT2D eigenvalue weighted by Crippen LogP contribution is -2.39. The maximum absolute atomic E-state index is 12.9. The van der Waals surface area contributed by atoms with Crippen LogP contribution < -0.4 is 4.90 Å². The number of benzene rings is 2. The number of rotatable bonds is 5. The molecule has 32 heavy (non-hydrogen) atoms. The zero-order chi connectivity index (χ0) is 22.7. The van der Waals surface area contributed by atoms with Crippen LogP contribution in [-0.2, 0) is 26.0 Å². The number of amides is 1. The highest BCUT2D eigenvalue weighted by atomic mass is 32.2. The van der Waals surface area contributed by atoms with Crippen molar-refractivity contribution in [1.82, 2.24) is 4.31 Å². The van der Waals surface area contributed by atoms with E-state index >= 15 is 0 Å². The Bertz CT molecular complexity index is 1090. The molecule has 2 aliphatic rings. The highest BCUT2D eigenvalue weighted by Gasteiger charge is 2.30. The summed E-state index contributed by atoms with van der Waals surface area (Å²) in [4.78, 5) is 27.2. The molecule has 0 bridgehead atoms.